The average molecular weight is 437 g/mol. The summed E-state index contributed by atoms with van der Waals surface area (Å²) >= 11 is 5.74. The summed E-state index contributed by atoms with van der Waals surface area (Å²) in [5.74, 6) is 0.00233. The molecule has 2 amide bonds. The molecular weight excluding hydrogens is 419 g/mol. The van der Waals surface area contributed by atoms with Crippen LogP contribution in [0.5, 0.6) is 0 Å². The number of aromatic nitrogens is 2. The number of nitrogens with one attached hydrogen (secondary N) is 2. The van der Waals surface area contributed by atoms with E-state index in [1.165, 1.54) is 18.2 Å². The number of anilines is 2. The van der Waals surface area contributed by atoms with Gasteiger partial charge in [-0.05, 0) is 67.9 Å². The number of urea groups is 1. The summed E-state index contributed by atoms with van der Waals surface area (Å²) in [7, 11) is 0. The Morgan fingerprint density at radius 2 is 1.81 bits per heavy atom. The Labute approximate surface area is 182 Å². The number of para-hydroxylation sites is 1. The predicted octanol–water partition coefficient (Wildman–Crippen LogP) is 5.44. The van der Waals surface area contributed by atoms with Gasteiger partial charge >= 0.3 is 6.03 Å². The molecule has 1 aromatic heterocycles. The van der Waals surface area contributed by atoms with Gasteiger partial charge in [-0.3, -0.25) is 9.36 Å². The Morgan fingerprint density at radius 1 is 1.03 bits per heavy atom. The van der Waals surface area contributed by atoms with Crippen LogP contribution in [0.4, 0.5) is 20.6 Å². The molecule has 3 aromatic carbocycles. The van der Waals surface area contributed by atoms with Crippen LogP contribution in [0, 0.1) is 19.7 Å². The van der Waals surface area contributed by atoms with Crippen LogP contribution in [0.2, 0.25) is 5.02 Å². The van der Waals surface area contributed by atoms with Crippen molar-refractivity contribution in [2.24, 2.45) is 0 Å². The molecule has 0 spiro atoms. The molecule has 156 valence electrons. The van der Waals surface area contributed by atoms with Crippen molar-refractivity contribution in [3.63, 3.8) is 0 Å². The van der Waals surface area contributed by atoms with E-state index < -0.39 is 11.8 Å². The molecule has 0 radical (unpaired) electrons. The van der Waals surface area contributed by atoms with E-state index in [0.717, 1.165) is 5.56 Å². The van der Waals surface area contributed by atoms with Crippen LogP contribution in [0.25, 0.3) is 16.6 Å². The number of aryl methyl sites for hydroxylation is 2. The average Bonchev–Trinajstić information content (AvgIpc) is 2.73. The maximum atomic E-state index is 13.3. The SMILES string of the molecule is Cc1cc(-n2c(C)nc3ccccc3c2=O)ccc1NC(=O)Nc1ccc(F)c(Cl)c1. The molecule has 0 aliphatic heterocycles. The standard InChI is InChI=1S/C23H18ClFN4O2/c1-13-11-16(29-14(2)26-21-6-4-3-5-17(21)22(29)30)8-10-20(13)28-23(31)27-15-7-9-19(25)18(24)12-15/h3-12H,1-2H3,(H2,27,28,31). The Bertz CT molecular complexity index is 1380. The number of amides is 2. The molecule has 0 saturated carbocycles. The summed E-state index contributed by atoms with van der Waals surface area (Å²) in [5.41, 5.74) is 2.82. The Balaban J connectivity index is 1.60. The van der Waals surface area contributed by atoms with Crippen LogP contribution in [-0.4, -0.2) is 15.6 Å². The summed E-state index contributed by atoms with van der Waals surface area (Å²) in [4.78, 5) is 29.8. The van der Waals surface area contributed by atoms with Gasteiger partial charge in [0.05, 0.1) is 21.6 Å². The summed E-state index contributed by atoms with van der Waals surface area (Å²) in [6.07, 6.45) is 0. The first-order valence-corrected chi connectivity index (χ1v) is 9.84. The quantitative estimate of drug-likeness (QED) is 0.449. The second-order valence-electron chi connectivity index (χ2n) is 7.02. The number of benzene rings is 3. The van der Waals surface area contributed by atoms with Crippen molar-refractivity contribution in [3.8, 4) is 5.69 Å². The Hall–Kier alpha value is -3.71. The number of nitrogens with zero attached hydrogens (tertiary/aromatic N) is 2. The lowest BCUT2D eigenvalue weighted by molar-refractivity contribution is 0.262. The number of halogens is 2. The highest BCUT2D eigenvalue weighted by Crippen LogP contribution is 2.22. The molecule has 6 nitrogen and oxygen atoms in total. The van der Waals surface area contributed by atoms with Crippen LogP contribution in [-0.2, 0) is 0 Å². The van der Waals surface area contributed by atoms with Crippen LogP contribution in [0.15, 0.2) is 65.5 Å². The molecular formula is C23H18ClFN4O2. The van der Waals surface area contributed by atoms with Gasteiger partial charge in [0.1, 0.15) is 11.6 Å². The van der Waals surface area contributed by atoms with Crippen LogP contribution >= 0.6 is 11.6 Å². The number of carbonyl (C=O) groups is 1. The molecule has 2 N–H and O–H groups in total. The van der Waals surface area contributed by atoms with E-state index >= 15 is 0 Å². The van der Waals surface area contributed by atoms with Gasteiger partial charge in [0, 0.05) is 11.4 Å². The third-order valence-electron chi connectivity index (χ3n) is 4.84. The lowest BCUT2D eigenvalue weighted by Gasteiger charge is -2.14. The number of hydrogen-bond acceptors (Lipinski definition) is 3. The summed E-state index contributed by atoms with van der Waals surface area (Å²) in [6.45, 7) is 3.60. The van der Waals surface area contributed by atoms with Crippen LogP contribution < -0.4 is 16.2 Å². The molecule has 0 atom stereocenters. The normalized spacial score (nSPS) is 10.8. The Morgan fingerprint density at radius 3 is 2.55 bits per heavy atom. The van der Waals surface area contributed by atoms with Gasteiger partial charge in [0.15, 0.2) is 0 Å². The molecule has 0 saturated heterocycles. The first kappa shape index (κ1) is 20.6. The zero-order chi connectivity index (χ0) is 22.1. The summed E-state index contributed by atoms with van der Waals surface area (Å²) < 4.78 is 14.8. The van der Waals surface area contributed by atoms with Crippen molar-refractivity contribution in [1.82, 2.24) is 9.55 Å². The van der Waals surface area contributed by atoms with E-state index in [1.54, 1.807) is 47.9 Å². The third kappa shape index (κ3) is 4.13. The Kier molecular flexibility index (Phi) is 5.44. The fourth-order valence-corrected chi connectivity index (χ4v) is 3.51. The lowest BCUT2D eigenvalue weighted by atomic mass is 10.1. The highest BCUT2D eigenvalue weighted by Gasteiger charge is 2.12. The van der Waals surface area contributed by atoms with Crippen LogP contribution in [0.1, 0.15) is 11.4 Å². The molecule has 4 rings (SSSR count). The lowest BCUT2D eigenvalue weighted by Crippen LogP contribution is -2.23. The molecule has 0 bridgehead atoms. The predicted molar refractivity (Wildman–Crippen MR) is 121 cm³/mol. The molecule has 0 aliphatic rings. The van der Waals surface area contributed by atoms with Gasteiger partial charge < -0.3 is 10.6 Å². The minimum absolute atomic E-state index is 0.0804. The van der Waals surface area contributed by atoms with Crippen molar-refractivity contribution < 1.29 is 9.18 Å². The maximum Gasteiger partial charge on any atom is 0.323 e. The molecule has 0 unspecified atom stereocenters. The van der Waals surface area contributed by atoms with E-state index in [0.29, 0.717) is 33.8 Å². The molecule has 0 fully saturated rings. The van der Waals surface area contributed by atoms with Crippen molar-refractivity contribution in [2.75, 3.05) is 10.6 Å². The second-order valence-corrected chi connectivity index (χ2v) is 7.43. The van der Waals surface area contributed by atoms with Gasteiger partial charge in [0.2, 0.25) is 0 Å². The molecule has 0 aliphatic carbocycles. The monoisotopic (exact) mass is 436 g/mol. The van der Waals surface area contributed by atoms with Crippen molar-refractivity contribution in [1.29, 1.82) is 0 Å². The van der Waals surface area contributed by atoms with E-state index in [2.05, 4.69) is 15.6 Å². The van der Waals surface area contributed by atoms with Gasteiger partial charge in [-0.25, -0.2) is 14.2 Å². The zero-order valence-corrected chi connectivity index (χ0v) is 17.5. The fourth-order valence-electron chi connectivity index (χ4n) is 3.33. The number of hydrogen-bond donors (Lipinski definition) is 2. The summed E-state index contributed by atoms with van der Waals surface area (Å²) in [5, 5.41) is 5.80. The largest absolute Gasteiger partial charge is 0.323 e. The minimum Gasteiger partial charge on any atom is -0.308 e. The van der Waals surface area contributed by atoms with E-state index in [1.807, 2.05) is 13.0 Å². The highest BCUT2D eigenvalue weighted by atomic mass is 35.5. The fraction of sp³-hybridized carbons (Fsp3) is 0.0870. The number of carbonyl (C=O) groups excluding carboxylic acids is 1. The second kappa shape index (κ2) is 8.20. The van der Waals surface area contributed by atoms with Gasteiger partial charge in [0.25, 0.3) is 5.56 Å². The molecule has 8 heteroatoms. The van der Waals surface area contributed by atoms with Gasteiger partial charge in [-0.1, -0.05) is 23.7 Å². The zero-order valence-electron chi connectivity index (χ0n) is 16.7. The topological polar surface area (TPSA) is 76.0 Å². The molecule has 1 heterocycles. The summed E-state index contributed by atoms with van der Waals surface area (Å²) in [6, 6.07) is 15.9. The van der Waals surface area contributed by atoms with Crippen molar-refractivity contribution in [2.45, 2.75) is 13.8 Å². The smallest absolute Gasteiger partial charge is 0.308 e. The molecule has 4 aromatic rings. The van der Waals surface area contributed by atoms with Gasteiger partial charge in [-0.2, -0.15) is 0 Å². The number of rotatable bonds is 3. The van der Waals surface area contributed by atoms with Crippen molar-refractivity contribution >= 4 is 39.9 Å². The highest BCUT2D eigenvalue weighted by molar-refractivity contribution is 6.31. The first-order chi connectivity index (χ1) is 14.8. The van der Waals surface area contributed by atoms with Crippen molar-refractivity contribution in [3.05, 3.63) is 93.2 Å². The van der Waals surface area contributed by atoms with E-state index in [4.69, 9.17) is 11.6 Å². The minimum atomic E-state index is -0.562. The van der Waals surface area contributed by atoms with Gasteiger partial charge in [-0.15, -0.1) is 0 Å². The first-order valence-electron chi connectivity index (χ1n) is 9.46. The molecule has 31 heavy (non-hydrogen) atoms. The van der Waals surface area contributed by atoms with E-state index in [-0.39, 0.29) is 10.6 Å². The number of fused-ring (bicyclic) bond motifs is 1. The van der Waals surface area contributed by atoms with Crippen LogP contribution in [0.3, 0.4) is 0 Å². The third-order valence-corrected chi connectivity index (χ3v) is 5.13. The van der Waals surface area contributed by atoms with E-state index in [9.17, 15) is 14.0 Å². The maximum absolute atomic E-state index is 13.3.